The van der Waals surface area contributed by atoms with Gasteiger partial charge in [0, 0.05) is 0 Å². The fourth-order valence-electron chi connectivity index (χ4n) is 1.40. The third-order valence-electron chi connectivity index (χ3n) is 2.48. The summed E-state index contributed by atoms with van der Waals surface area (Å²) in [5.74, 6) is -0.0318. The van der Waals surface area contributed by atoms with E-state index in [1.54, 1.807) is 0 Å². The van der Waals surface area contributed by atoms with E-state index in [0.29, 0.717) is 0 Å². The molecule has 0 heterocycles. The molecule has 4 nitrogen and oxygen atoms in total. The maximum atomic E-state index is 5.22. The smallest absolute Gasteiger partial charge is 0.211 e. The van der Waals surface area contributed by atoms with Crippen molar-refractivity contribution in [3.8, 4) is 0 Å². The Hall–Kier alpha value is -1.84. The first-order valence-corrected chi connectivity index (χ1v) is 5.55. The number of benzene rings is 1. The molecule has 0 aliphatic heterocycles. The lowest BCUT2D eigenvalue weighted by Gasteiger charge is -2.19. The minimum Gasteiger partial charge on any atom is -0.369 e. The van der Waals surface area contributed by atoms with Gasteiger partial charge in [-0.2, -0.15) is 5.10 Å². The van der Waals surface area contributed by atoms with Crippen LogP contribution in [0.5, 0.6) is 0 Å². The van der Waals surface area contributed by atoms with Gasteiger partial charge >= 0.3 is 0 Å². The zero-order valence-electron chi connectivity index (χ0n) is 10.9. The van der Waals surface area contributed by atoms with Crippen LogP contribution in [-0.4, -0.2) is 11.7 Å². The summed E-state index contributed by atoms with van der Waals surface area (Å²) in [6.07, 6.45) is 0. The van der Waals surface area contributed by atoms with Crippen LogP contribution in [0, 0.1) is 0 Å². The van der Waals surface area contributed by atoms with Crippen molar-refractivity contribution in [2.24, 2.45) is 21.7 Å². The summed E-state index contributed by atoms with van der Waals surface area (Å²) in [5, 5.41) is 7.57. The molecule has 0 atom stereocenters. The normalized spacial score (nSPS) is 12.4. The quantitative estimate of drug-likeness (QED) is 0.464. The molecule has 0 radical (unpaired) electrons. The zero-order valence-corrected chi connectivity index (χ0v) is 10.9. The molecule has 0 saturated heterocycles. The molecule has 92 valence electrons. The van der Waals surface area contributed by atoms with Crippen molar-refractivity contribution >= 4 is 11.7 Å². The molecule has 0 fully saturated rings. The lowest BCUT2D eigenvalue weighted by molar-refractivity contribution is 0.590. The first kappa shape index (κ1) is 13.2. The molecule has 4 heteroatoms. The predicted octanol–water partition coefficient (Wildman–Crippen LogP) is 1.98. The Balaban J connectivity index is 2.96. The zero-order chi connectivity index (χ0) is 13.1. The Morgan fingerprint density at radius 3 is 1.94 bits per heavy atom. The van der Waals surface area contributed by atoms with Crippen LogP contribution in [0.4, 0.5) is 0 Å². The summed E-state index contributed by atoms with van der Waals surface area (Å²) in [4.78, 5) is 0. The molecule has 0 unspecified atom stereocenters. The maximum Gasteiger partial charge on any atom is 0.211 e. The molecule has 0 aliphatic rings. The summed E-state index contributed by atoms with van der Waals surface area (Å²) < 4.78 is 0. The van der Waals surface area contributed by atoms with E-state index in [1.807, 2.05) is 19.1 Å². The Morgan fingerprint density at radius 1 is 1.00 bits per heavy atom. The van der Waals surface area contributed by atoms with E-state index in [0.717, 1.165) is 11.3 Å². The molecule has 1 aromatic carbocycles. The highest BCUT2D eigenvalue weighted by atomic mass is 15.3. The number of guanidine groups is 1. The average molecular weight is 232 g/mol. The fraction of sp³-hybridized carbons (Fsp3) is 0.385. The molecule has 0 aromatic heterocycles. The van der Waals surface area contributed by atoms with E-state index >= 15 is 0 Å². The van der Waals surface area contributed by atoms with Crippen LogP contribution in [0.1, 0.15) is 38.8 Å². The molecule has 17 heavy (non-hydrogen) atoms. The van der Waals surface area contributed by atoms with E-state index < -0.39 is 0 Å². The monoisotopic (exact) mass is 232 g/mol. The van der Waals surface area contributed by atoms with E-state index in [2.05, 4.69) is 43.1 Å². The first-order chi connectivity index (χ1) is 7.80. The van der Waals surface area contributed by atoms with Gasteiger partial charge in [0.1, 0.15) is 0 Å². The average Bonchev–Trinajstić information content (AvgIpc) is 2.25. The lowest BCUT2D eigenvalue weighted by Crippen LogP contribution is -2.22. The Morgan fingerprint density at radius 2 is 1.53 bits per heavy atom. The predicted molar refractivity (Wildman–Crippen MR) is 73.2 cm³/mol. The largest absolute Gasteiger partial charge is 0.369 e. The third-order valence-corrected chi connectivity index (χ3v) is 2.48. The van der Waals surface area contributed by atoms with Gasteiger partial charge in [-0.15, -0.1) is 5.10 Å². The van der Waals surface area contributed by atoms with E-state index in [1.165, 1.54) is 5.56 Å². The number of nitrogens with zero attached hydrogens (tertiary/aromatic N) is 2. The minimum absolute atomic E-state index is 0.0318. The highest BCUT2D eigenvalue weighted by Gasteiger charge is 2.12. The Kier molecular flexibility index (Phi) is 3.89. The van der Waals surface area contributed by atoms with E-state index in [-0.39, 0.29) is 11.4 Å². The van der Waals surface area contributed by atoms with E-state index in [9.17, 15) is 0 Å². The second-order valence-electron chi connectivity index (χ2n) is 5.04. The summed E-state index contributed by atoms with van der Waals surface area (Å²) in [6, 6.07) is 8.26. The van der Waals surface area contributed by atoms with E-state index in [4.69, 9.17) is 11.5 Å². The lowest BCUT2D eigenvalue weighted by atomic mass is 9.86. The minimum atomic E-state index is -0.0318. The van der Waals surface area contributed by atoms with Crippen LogP contribution in [0.25, 0.3) is 0 Å². The second-order valence-corrected chi connectivity index (χ2v) is 5.04. The number of rotatable bonds is 2. The molecule has 0 saturated carbocycles. The van der Waals surface area contributed by atoms with Crippen molar-refractivity contribution in [1.29, 1.82) is 0 Å². The van der Waals surface area contributed by atoms with Gasteiger partial charge in [0.05, 0.1) is 5.71 Å². The van der Waals surface area contributed by atoms with Crippen LogP contribution < -0.4 is 11.5 Å². The first-order valence-electron chi connectivity index (χ1n) is 5.55. The van der Waals surface area contributed by atoms with Crippen LogP contribution in [0.15, 0.2) is 34.5 Å². The highest BCUT2D eigenvalue weighted by Crippen LogP contribution is 2.22. The van der Waals surface area contributed by atoms with Gasteiger partial charge in [-0.05, 0) is 23.5 Å². The molecule has 0 bridgehead atoms. The van der Waals surface area contributed by atoms with Crippen LogP contribution in [0.3, 0.4) is 0 Å². The molecule has 0 amide bonds. The van der Waals surface area contributed by atoms with Gasteiger partial charge in [0.2, 0.25) is 5.96 Å². The van der Waals surface area contributed by atoms with Crippen LogP contribution >= 0.6 is 0 Å². The fourth-order valence-corrected chi connectivity index (χ4v) is 1.40. The van der Waals surface area contributed by atoms with Gasteiger partial charge in [-0.3, -0.25) is 0 Å². The number of hydrogen-bond donors (Lipinski definition) is 2. The van der Waals surface area contributed by atoms with Gasteiger partial charge in [0.15, 0.2) is 0 Å². The van der Waals surface area contributed by atoms with Gasteiger partial charge < -0.3 is 11.5 Å². The Labute approximate surface area is 102 Å². The SMILES string of the molecule is C/C(=N/N=C(N)N)c1ccc(C(C)(C)C)cc1. The van der Waals surface area contributed by atoms with Crippen LogP contribution in [0.2, 0.25) is 0 Å². The number of nitrogens with two attached hydrogens (primary N) is 2. The summed E-state index contributed by atoms with van der Waals surface area (Å²) in [7, 11) is 0. The second kappa shape index (κ2) is 4.99. The molecule has 0 aliphatic carbocycles. The van der Waals surface area contributed by atoms with Gasteiger partial charge in [-0.25, -0.2) is 0 Å². The highest BCUT2D eigenvalue weighted by molar-refractivity contribution is 5.99. The van der Waals surface area contributed by atoms with Crippen molar-refractivity contribution in [2.45, 2.75) is 33.1 Å². The van der Waals surface area contributed by atoms with Crippen molar-refractivity contribution in [1.82, 2.24) is 0 Å². The maximum absolute atomic E-state index is 5.22. The van der Waals surface area contributed by atoms with Crippen molar-refractivity contribution in [3.05, 3.63) is 35.4 Å². The standard InChI is InChI=1S/C13H20N4/c1-9(16-17-12(14)15)10-5-7-11(8-6-10)13(2,3)4/h5-8H,1-4H3,(H4,14,15,17)/b16-9-. The molecule has 4 N–H and O–H groups in total. The topological polar surface area (TPSA) is 76.8 Å². The van der Waals surface area contributed by atoms with Crippen molar-refractivity contribution in [2.75, 3.05) is 0 Å². The van der Waals surface area contributed by atoms with Crippen LogP contribution in [-0.2, 0) is 5.41 Å². The number of hydrogen-bond acceptors (Lipinski definition) is 2. The Bertz CT molecular complexity index is 431. The summed E-state index contributed by atoms with van der Waals surface area (Å²) in [5.41, 5.74) is 13.7. The van der Waals surface area contributed by atoms with Crippen molar-refractivity contribution in [3.63, 3.8) is 0 Å². The van der Waals surface area contributed by atoms with Crippen molar-refractivity contribution < 1.29 is 0 Å². The third kappa shape index (κ3) is 3.90. The molecular formula is C13H20N4. The van der Waals surface area contributed by atoms with Gasteiger partial charge in [-0.1, -0.05) is 45.0 Å². The summed E-state index contributed by atoms with van der Waals surface area (Å²) in [6.45, 7) is 8.42. The molecule has 1 aromatic rings. The molecule has 1 rings (SSSR count). The summed E-state index contributed by atoms with van der Waals surface area (Å²) >= 11 is 0. The molecule has 0 spiro atoms. The molecular weight excluding hydrogens is 212 g/mol. The van der Waals surface area contributed by atoms with Gasteiger partial charge in [0.25, 0.3) is 0 Å².